The van der Waals surface area contributed by atoms with Crippen LogP contribution in [0, 0.1) is 11.6 Å². The van der Waals surface area contributed by atoms with Gasteiger partial charge in [0, 0.05) is 24.0 Å². The zero-order valence-electron chi connectivity index (χ0n) is 16.0. The second-order valence-electron chi connectivity index (χ2n) is 7.63. The van der Waals surface area contributed by atoms with Gasteiger partial charge in [0.15, 0.2) is 0 Å². The van der Waals surface area contributed by atoms with Gasteiger partial charge in [-0.3, -0.25) is 4.79 Å². The topological polar surface area (TPSA) is 47.9 Å². The minimum absolute atomic E-state index is 0.0494. The molecule has 6 heteroatoms. The first-order valence-corrected chi connectivity index (χ1v) is 10.0. The first kappa shape index (κ1) is 19.6. The molecule has 0 N–H and O–H groups in total. The fourth-order valence-electron chi connectivity index (χ4n) is 4.14. The van der Waals surface area contributed by atoms with E-state index in [2.05, 4.69) is 17.3 Å². The molecular weight excluding hydrogens is 376 g/mol. The van der Waals surface area contributed by atoms with Crippen molar-refractivity contribution in [1.29, 1.82) is 0 Å². The van der Waals surface area contributed by atoms with Crippen LogP contribution in [0.2, 0.25) is 0 Å². The van der Waals surface area contributed by atoms with E-state index < -0.39 is 17.7 Å². The van der Waals surface area contributed by atoms with Gasteiger partial charge in [-0.05, 0) is 37.0 Å². The summed E-state index contributed by atoms with van der Waals surface area (Å²) >= 11 is 0. The van der Waals surface area contributed by atoms with Crippen molar-refractivity contribution in [3.63, 3.8) is 0 Å². The fraction of sp³-hybridized carbons (Fsp3) is 0.391. The van der Waals surface area contributed by atoms with E-state index in [1.54, 1.807) is 0 Å². The standard InChI is InChI=1S/C23H23F2NO3/c24-16-10-11-19(20(25)12-16)21-13-17(29-26-21)14-23(27)28-22-9-5-4-8-18(22)15-6-2-1-3-7-15/h1-3,6-7,10-12,17-18,22H,4-5,8-9,13-14H2. The molecule has 0 spiro atoms. The van der Waals surface area contributed by atoms with E-state index in [9.17, 15) is 13.6 Å². The Morgan fingerprint density at radius 2 is 1.90 bits per heavy atom. The monoisotopic (exact) mass is 399 g/mol. The van der Waals surface area contributed by atoms with Crippen LogP contribution >= 0.6 is 0 Å². The number of carbonyl (C=O) groups excluding carboxylic acids is 1. The number of rotatable bonds is 5. The van der Waals surface area contributed by atoms with E-state index >= 15 is 0 Å². The fourth-order valence-corrected chi connectivity index (χ4v) is 4.14. The van der Waals surface area contributed by atoms with Crippen LogP contribution < -0.4 is 0 Å². The van der Waals surface area contributed by atoms with Gasteiger partial charge in [-0.15, -0.1) is 0 Å². The van der Waals surface area contributed by atoms with E-state index in [1.807, 2.05) is 18.2 Å². The van der Waals surface area contributed by atoms with Gasteiger partial charge in [-0.25, -0.2) is 8.78 Å². The summed E-state index contributed by atoms with van der Waals surface area (Å²) in [7, 11) is 0. The predicted molar refractivity (Wildman–Crippen MR) is 105 cm³/mol. The third kappa shape index (κ3) is 4.63. The lowest BCUT2D eigenvalue weighted by Gasteiger charge is -2.31. The van der Waals surface area contributed by atoms with Gasteiger partial charge in [0.2, 0.25) is 0 Å². The van der Waals surface area contributed by atoms with E-state index in [-0.39, 0.29) is 36.4 Å². The Labute approximate surface area is 168 Å². The van der Waals surface area contributed by atoms with E-state index in [0.29, 0.717) is 5.71 Å². The molecule has 2 aliphatic rings. The zero-order valence-corrected chi connectivity index (χ0v) is 16.0. The minimum atomic E-state index is -0.691. The summed E-state index contributed by atoms with van der Waals surface area (Å²) < 4.78 is 32.8. The summed E-state index contributed by atoms with van der Waals surface area (Å²) in [6.45, 7) is 0. The van der Waals surface area contributed by atoms with Crippen molar-refractivity contribution in [2.75, 3.05) is 0 Å². The van der Waals surface area contributed by atoms with Gasteiger partial charge in [-0.1, -0.05) is 41.9 Å². The van der Waals surface area contributed by atoms with Crippen LogP contribution in [0.3, 0.4) is 0 Å². The molecule has 1 fully saturated rings. The summed E-state index contributed by atoms with van der Waals surface area (Å²) in [4.78, 5) is 17.8. The highest BCUT2D eigenvalue weighted by Crippen LogP contribution is 2.35. The maximum absolute atomic E-state index is 13.9. The van der Waals surface area contributed by atoms with Crippen molar-refractivity contribution >= 4 is 11.7 Å². The maximum atomic E-state index is 13.9. The average Bonchev–Trinajstić information content (AvgIpc) is 3.17. The highest BCUT2D eigenvalue weighted by molar-refractivity contribution is 6.01. The van der Waals surface area contributed by atoms with Gasteiger partial charge < -0.3 is 9.57 Å². The number of hydrogen-bond acceptors (Lipinski definition) is 4. The van der Waals surface area contributed by atoms with Crippen LogP contribution in [0.5, 0.6) is 0 Å². The molecule has 0 radical (unpaired) electrons. The molecule has 3 unspecified atom stereocenters. The second kappa shape index (κ2) is 8.72. The van der Waals surface area contributed by atoms with Crippen LogP contribution in [0.25, 0.3) is 0 Å². The molecule has 3 atom stereocenters. The summed E-state index contributed by atoms with van der Waals surface area (Å²) in [5.41, 5.74) is 1.76. The van der Waals surface area contributed by atoms with E-state index in [0.717, 1.165) is 31.7 Å². The molecule has 1 saturated carbocycles. The molecule has 0 amide bonds. The van der Waals surface area contributed by atoms with Crippen LogP contribution in [0.1, 0.15) is 55.6 Å². The van der Waals surface area contributed by atoms with Crippen LogP contribution in [0.15, 0.2) is 53.7 Å². The molecule has 0 saturated heterocycles. The number of hydrogen-bond donors (Lipinski definition) is 0. The smallest absolute Gasteiger partial charge is 0.309 e. The SMILES string of the molecule is O=C(CC1CC(c2ccc(F)cc2F)=NO1)OC1CCCCC1c1ccccc1. The van der Waals surface area contributed by atoms with Gasteiger partial charge in [-0.2, -0.15) is 0 Å². The Morgan fingerprint density at radius 3 is 2.69 bits per heavy atom. The van der Waals surface area contributed by atoms with Gasteiger partial charge in [0.1, 0.15) is 23.8 Å². The molecule has 29 heavy (non-hydrogen) atoms. The number of carbonyl (C=O) groups is 1. The molecule has 4 nitrogen and oxygen atoms in total. The lowest BCUT2D eigenvalue weighted by atomic mass is 9.81. The van der Waals surface area contributed by atoms with Gasteiger partial charge in [0.05, 0.1) is 12.1 Å². The molecular formula is C23H23F2NO3. The number of ether oxygens (including phenoxy) is 1. The van der Waals surface area contributed by atoms with Crippen LogP contribution in [-0.2, 0) is 14.4 Å². The van der Waals surface area contributed by atoms with Crippen molar-refractivity contribution in [2.45, 2.75) is 56.7 Å². The quantitative estimate of drug-likeness (QED) is 0.656. The van der Waals surface area contributed by atoms with Crippen LogP contribution in [-0.4, -0.2) is 23.9 Å². The first-order chi connectivity index (χ1) is 14.1. The lowest BCUT2D eigenvalue weighted by Crippen LogP contribution is -2.30. The molecule has 4 rings (SSSR count). The maximum Gasteiger partial charge on any atom is 0.309 e. The summed E-state index contributed by atoms with van der Waals surface area (Å²) in [5, 5.41) is 3.89. The Hall–Kier alpha value is -2.76. The molecule has 1 aliphatic heterocycles. The number of oxime groups is 1. The lowest BCUT2D eigenvalue weighted by molar-refractivity contribution is -0.154. The third-order valence-electron chi connectivity index (χ3n) is 5.58. The van der Waals surface area contributed by atoms with Crippen molar-refractivity contribution in [1.82, 2.24) is 0 Å². The summed E-state index contributed by atoms with van der Waals surface area (Å²) in [6, 6.07) is 13.5. The average molecular weight is 399 g/mol. The molecule has 1 heterocycles. The summed E-state index contributed by atoms with van der Waals surface area (Å²) in [5.74, 6) is -1.47. The van der Waals surface area contributed by atoms with Crippen molar-refractivity contribution in [3.05, 3.63) is 71.3 Å². The molecule has 0 bridgehead atoms. The van der Waals surface area contributed by atoms with Crippen molar-refractivity contribution in [2.24, 2.45) is 5.16 Å². The molecule has 1 aliphatic carbocycles. The highest BCUT2D eigenvalue weighted by atomic mass is 19.1. The molecule has 2 aromatic rings. The Bertz CT molecular complexity index is 900. The number of esters is 1. The molecule has 152 valence electrons. The highest BCUT2D eigenvalue weighted by Gasteiger charge is 2.32. The van der Waals surface area contributed by atoms with E-state index in [1.165, 1.54) is 17.7 Å². The number of nitrogens with zero attached hydrogens (tertiary/aromatic N) is 1. The van der Waals surface area contributed by atoms with Crippen molar-refractivity contribution < 1.29 is 23.1 Å². The zero-order chi connectivity index (χ0) is 20.2. The Balaban J connectivity index is 1.34. The largest absolute Gasteiger partial charge is 0.462 e. The van der Waals surface area contributed by atoms with Crippen LogP contribution in [0.4, 0.5) is 8.78 Å². The number of halogens is 2. The predicted octanol–water partition coefficient (Wildman–Crippen LogP) is 5.12. The molecule has 2 aromatic carbocycles. The Morgan fingerprint density at radius 1 is 1.10 bits per heavy atom. The van der Waals surface area contributed by atoms with Crippen molar-refractivity contribution in [3.8, 4) is 0 Å². The number of benzene rings is 2. The second-order valence-corrected chi connectivity index (χ2v) is 7.63. The third-order valence-corrected chi connectivity index (χ3v) is 5.58. The Kier molecular flexibility index (Phi) is 5.88. The van der Waals surface area contributed by atoms with E-state index in [4.69, 9.17) is 9.57 Å². The van der Waals surface area contributed by atoms with Gasteiger partial charge >= 0.3 is 5.97 Å². The van der Waals surface area contributed by atoms with Gasteiger partial charge in [0.25, 0.3) is 0 Å². The summed E-state index contributed by atoms with van der Waals surface area (Å²) in [6.07, 6.45) is 3.70. The normalized spacial score (nSPS) is 23.9. The minimum Gasteiger partial charge on any atom is -0.462 e. The molecule has 0 aromatic heterocycles. The first-order valence-electron chi connectivity index (χ1n) is 10.0.